The molecule has 2 aromatic carbocycles. The summed E-state index contributed by atoms with van der Waals surface area (Å²) in [5.41, 5.74) is 0.604. The van der Waals surface area contributed by atoms with Gasteiger partial charge in [-0.1, -0.05) is 29.5 Å². The Morgan fingerprint density at radius 1 is 1.15 bits per heavy atom. The lowest BCUT2D eigenvalue weighted by Crippen LogP contribution is -2.43. The number of hydrogen-bond donors (Lipinski definition) is 0. The lowest BCUT2D eigenvalue weighted by Gasteiger charge is -2.29. The number of hydrogen-bond acceptors (Lipinski definition) is 7. The van der Waals surface area contributed by atoms with Crippen molar-refractivity contribution in [3.63, 3.8) is 0 Å². The summed E-state index contributed by atoms with van der Waals surface area (Å²) in [7, 11) is -3.58. The van der Waals surface area contributed by atoms with Gasteiger partial charge in [-0.15, -0.1) is 12.4 Å². The number of thiazole rings is 1. The second kappa shape index (κ2) is 11.3. The fraction of sp³-hybridized carbons (Fsp3) is 0.364. The monoisotopic (exact) mass is 513 g/mol. The summed E-state index contributed by atoms with van der Waals surface area (Å²) in [6.07, 6.45) is -0.162. The van der Waals surface area contributed by atoms with Crippen molar-refractivity contribution < 1.29 is 22.3 Å². The van der Waals surface area contributed by atoms with Crippen LogP contribution in [-0.2, 0) is 19.4 Å². The number of amides is 1. The molecule has 1 amide bonds. The second-order valence-electron chi connectivity index (χ2n) is 7.49. The molecule has 1 aliphatic heterocycles. The first kappa shape index (κ1) is 25.5. The number of aromatic nitrogens is 1. The van der Waals surface area contributed by atoms with Crippen LogP contribution >= 0.6 is 23.7 Å². The summed E-state index contributed by atoms with van der Waals surface area (Å²) < 4.78 is 44.9. The number of morpholine rings is 1. The second-order valence-corrected chi connectivity index (χ2v) is 10.6. The van der Waals surface area contributed by atoms with E-state index in [0.29, 0.717) is 41.7 Å². The van der Waals surface area contributed by atoms with E-state index in [1.165, 1.54) is 40.5 Å². The van der Waals surface area contributed by atoms with Crippen molar-refractivity contribution in [1.29, 1.82) is 0 Å². The van der Waals surface area contributed by atoms with Crippen molar-refractivity contribution in [2.45, 2.75) is 11.3 Å². The Labute approximate surface area is 202 Å². The standard InChI is InChI=1S/C22H24FN3O4S2.ClH/c23-17-6-7-19-20(16-17)31-22(24-19)26(10-9-25-11-13-30-14-12-25)21(27)8-15-32(28,29)18-4-2-1-3-5-18;/h1-7,16H,8-15H2;1H. The van der Waals surface area contributed by atoms with Crippen LogP contribution in [0.1, 0.15) is 6.42 Å². The minimum absolute atomic E-state index is 0. The van der Waals surface area contributed by atoms with Gasteiger partial charge in [0.05, 0.1) is 34.1 Å². The number of sulfone groups is 1. The molecule has 0 unspecified atom stereocenters. The van der Waals surface area contributed by atoms with Crippen LogP contribution in [0.4, 0.5) is 9.52 Å². The maximum atomic E-state index is 13.6. The average molecular weight is 514 g/mol. The number of anilines is 1. The highest BCUT2D eigenvalue weighted by molar-refractivity contribution is 7.91. The molecule has 11 heteroatoms. The van der Waals surface area contributed by atoms with Gasteiger partial charge in [-0.2, -0.15) is 0 Å². The predicted octanol–water partition coefficient (Wildman–Crippen LogP) is 3.39. The molecule has 0 N–H and O–H groups in total. The average Bonchev–Trinajstić information content (AvgIpc) is 3.22. The molecule has 0 bridgehead atoms. The molecule has 2 heterocycles. The fourth-order valence-electron chi connectivity index (χ4n) is 3.50. The molecule has 0 atom stereocenters. The smallest absolute Gasteiger partial charge is 0.229 e. The zero-order valence-corrected chi connectivity index (χ0v) is 20.3. The molecule has 1 saturated heterocycles. The van der Waals surface area contributed by atoms with Gasteiger partial charge in [0, 0.05) is 32.6 Å². The molecule has 4 rings (SSSR count). The molecule has 0 radical (unpaired) electrons. The number of rotatable bonds is 8. The van der Waals surface area contributed by atoms with E-state index >= 15 is 0 Å². The predicted molar refractivity (Wildman–Crippen MR) is 130 cm³/mol. The zero-order chi connectivity index (χ0) is 22.6. The van der Waals surface area contributed by atoms with Crippen LogP contribution < -0.4 is 4.90 Å². The molecule has 33 heavy (non-hydrogen) atoms. The highest BCUT2D eigenvalue weighted by atomic mass is 35.5. The van der Waals surface area contributed by atoms with Gasteiger partial charge in [0.2, 0.25) is 5.91 Å². The van der Waals surface area contributed by atoms with E-state index in [1.54, 1.807) is 24.3 Å². The maximum absolute atomic E-state index is 13.6. The Bertz CT molecular complexity index is 1180. The highest BCUT2D eigenvalue weighted by Crippen LogP contribution is 2.30. The number of nitrogens with zero attached hydrogens (tertiary/aromatic N) is 3. The summed E-state index contributed by atoms with van der Waals surface area (Å²) in [6, 6.07) is 12.4. The minimum atomic E-state index is -3.58. The van der Waals surface area contributed by atoms with E-state index < -0.39 is 9.84 Å². The Balaban J connectivity index is 0.00000306. The van der Waals surface area contributed by atoms with Crippen molar-refractivity contribution in [2.24, 2.45) is 0 Å². The molecule has 7 nitrogen and oxygen atoms in total. The Morgan fingerprint density at radius 2 is 1.88 bits per heavy atom. The summed E-state index contributed by atoms with van der Waals surface area (Å²) in [5.74, 6) is -0.978. The number of carbonyl (C=O) groups excluding carboxylic acids is 1. The van der Waals surface area contributed by atoms with Gasteiger partial charge < -0.3 is 4.74 Å². The van der Waals surface area contributed by atoms with Crippen LogP contribution in [0.25, 0.3) is 10.2 Å². The van der Waals surface area contributed by atoms with Gasteiger partial charge in [0.1, 0.15) is 5.82 Å². The zero-order valence-electron chi connectivity index (χ0n) is 17.9. The van der Waals surface area contributed by atoms with Gasteiger partial charge in [-0.05, 0) is 30.3 Å². The van der Waals surface area contributed by atoms with Crippen molar-refractivity contribution >= 4 is 54.8 Å². The topological polar surface area (TPSA) is 79.8 Å². The van der Waals surface area contributed by atoms with E-state index in [2.05, 4.69) is 9.88 Å². The molecule has 0 spiro atoms. The summed E-state index contributed by atoms with van der Waals surface area (Å²) in [5, 5.41) is 0.445. The maximum Gasteiger partial charge on any atom is 0.229 e. The third kappa shape index (κ3) is 6.48. The van der Waals surface area contributed by atoms with Crippen molar-refractivity contribution in [3.05, 3.63) is 54.3 Å². The van der Waals surface area contributed by atoms with Crippen LogP contribution in [0.15, 0.2) is 53.4 Å². The van der Waals surface area contributed by atoms with Crippen LogP contribution in [0.3, 0.4) is 0 Å². The quantitative estimate of drug-likeness (QED) is 0.459. The summed E-state index contributed by atoms with van der Waals surface area (Å²) in [6.45, 7) is 3.82. The molecule has 0 saturated carbocycles. The van der Waals surface area contributed by atoms with E-state index in [0.717, 1.165) is 13.1 Å². The van der Waals surface area contributed by atoms with Gasteiger partial charge in [-0.3, -0.25) is 14.6 Å². The first-order valence-corrected chi connectivity index (χ1v) is 12.8. The van der Waals surface area contributed by atoms with Gasteiger partial charge in [0.25, 0.3) is 0 Å². The molecular weight excluding hydrogens is 489 g/mol. The lowest BCUT2D eigenvalue weighted by molar-refractivity contribution is -0.118. The number of carbonyl (C=O) groups is 1. The van der Waals surface area contributed by atoms with Gasteiger partial charge in [-0.25, -0.2) is 17.8 Å². The summed E-state index contributed by atoms with van der Waals surface area (Å²) in [4.78, 5) is 21.6. The first-order chi connectivity index (χ1) is 15.4. The van der Waals surface area contributed by atoms with Crippen LogP contribution in [0, 0.1) is 5.82 Å². The first-order valence-electron chi connectivity index (χ1n) is 10.4. The number of ether oxygens (including phenoxy) is 1. The van der Waals surface area contributed by atoms with Crippen molar-refractivity contribution in [1.82, 2.24) is 9.88 Å². The van der Waals surface area contributed by atoms with Crippen LogP contribution in [-0.4, -0.2) is 69.4 Å². The molecule has 3 aromatic rings. The van der Waals surface area contributed by atoms with Crippen molar-refractivity contribution in [2.75, 3.05) is 50.0 Å². The van der Waals surface area contributed by atoms with E-state index in [4.69, 9.17) is 4.74 Å². The summed E-state index contributed by atoms with van der Waals surface area (Å²) >= 11 is 1.23. The van der Waals surface area contributed by atoms with E-state index in [9.17, 15) is 17.6 Å². The Kier molecular flexibility index (Phi) is 8.77. The number of halogens is 2. The molecule has 1 aliphatic rings. The lowest BCUT2D eigenvalue weighted by atomic mass is 10.3. The van der Waals surface area contributed by atoms with Gasteiger partial charge >= 0.3 is 0 Å². The largest absolute Gasteiger partial charge is 0.379 e. The Morgan fingerprint density at radius 3 is 2.61 bits per heavy atom. The molecule has 1 aromatic heterocycles. The van der Waals surface area contributed by atoms with E-state index in [-0.39, 0.29) is 41.2 Å². The Hall–Kier alpha value is -2.11. The number of fused-ring (bicyclic) bond motifs is 1. The minimum Gasteiger partial charge on any atom is -0.379 e. The molecular formula is C22H25ClFN3O4S2. The van der Waals surface area contributed by atoms with E-state index in [1.807, 2.05) is 0 Å². The SMILES string of the molecule is Cl.O=C(CCS(=O)(=O)c1ccccc1)N(CCN1CCOCC1)c1nc2ccc(F)cc2s1. The fourth-order valence-corrected chi connectivity index (χ4v) is 5.78. The third-order valence-corrected chi connectivity index (χ3v) is 8.07. The normalized spacial score (nSPS) is 14.7. The van der Waals surface area contributed by atoms with Crippen LogP contribution in [0.5, 0.6) is 0 Å². The molecule has 1 fully saturated rings. The van der Waals surface area contributed by atoms with Gasteiger partial charge in [0.15, 0.2) is 15.0 Å². The van der Waals surface area contributed by atoms with Crippen LogP contribution in [0.2, 0.25) is 0 Å². The number of benzene rings is 2. The third-order valence-electron chi connectivity index (χ3n) is 5.30. The molecule has 178 valence electrons. The van der Waals surface area contributed by atoms with Crippen molar-refractivity contribution in [3.8, 4) is 0 Å². The molecule has 0 aliphatic carbocycles. The highest BCUT2D eigenvalue weighted by Gasteiger charge is 2.24.